The van der Waals surface area contributed by atoms with E-state index in [-0.39, 0.29) is 11.9 Å². The van der Waals surface area contributed by atoms with Crippen molar-refractivity contribution in [3.8, 4) is 0 Å². The molecule has 0 fully saturated rings. The highest BCUT2D eigenvalue weighted by molar-refractivity contribution is 9.10. The minimum atomic E-state index is -0.0527. The van der Waals surface area contributed by atoms with E-state index in [4.69, 9.17) is 0 Å². The summed E-state index contributed by atoms with van der Waals surface area (Å²) in [7, 11) is 0. The minimum absolute atomic E-state index is 0.0527. The van der Waals surface area contributed by atoms with Gasteiger partial charge in [-0.3, -0.25) is 4.79 Å². The number of halogens is 1. The van der Waals surface area contributed by atoms with Crippen LogP contribution in [0.15, 0.2) is 27.6 Å². The number of amides is 1. The molecule has 1 aromatic rings. The minimum Gasteiger partial charge on any atom is -0.349 e. The molecular weight excluding hydrogens is 298 g/mol. The predicted molar refractivity (Wildman–Crippen MR) is 77.8 cm³/mol. The van der Waals surface area contributed by atoms with Gasteiger partial charge in [0, 0.05) is 15.4 Å². The predicted octanol–water partition coefficient (Wildman–Crippen LogP) is 3.90. The lowest BCUT2D eigenvalue weighted by molar-refractivity contribution is 0.0921. The van der Waals surface area contributed by atoms with Gasteiger partial charge in [0.1, 0.15) is 0 Å². The summed E-state index contributed by atoms with van der Waals surface area (Å²) in [5.41, 5.74) is 0.621. The van der Waals surface area contributed by atoms with Crippen LogP contribution in [0.3, 0.4) is 0 Å². The maximum Gasteiger partial charge on any atom is 0.252 e. The molecule has 2 nitrogen and oxygen atoms in total. The lowest BCUT2D eigenvalue weighted by Crippen LogP contribution is -2.38. The van der Waals surface area contributed by atoms with Gasteiger partial charge in [0.25, 0.3) is 5.91 Å². The van der Waals surface area contributed by atoms with Gasteiger partial charge in [0.2, 0.25) is 0 Å². The monoisotopic (exact) mass is 315 g/mol. The van der Waals surface area contributed by atoms with Gasteiger partial charge in [0.15, 0.2) is 0 Å². The van der Waals surface area contributed by atoms with Crippen molar-refractivity contribution < 1.29 is 4.79 Å². The van der Waals surface area contributed by atoms with E-state index in [9.17, 15) is 4.79 Å². The molecule has 0 aliphatic heterocycles. The Bertz CT molecular complexity index is 406. The van der Waals surface area contributed by atoms with Crippen LogP contribution in [-0.2, 0) is 0 Å². The van der Waals surface area contributed by atoms with Crippen molar-refractivity contribution >= 4 is 34.5 Å². The number of benzene rings is 1. The first kappa shape index (κ1) is 14.6. The van der Waals surface area contributed by atoms with Crippen molar-refractivity contribution in [1.82, 2.24) is 5.32 Å². The molecule has 94 valence electrons. The lowest BCUT2D eigenvalue weighted by atomic mass is 10.0. The van der Waals surface area contributed by atoms with Crippen LogP contribution < -0.4 is 5.32 Å². The Kier molecular flexibility index (Phi) is 5.53. The van der Waals surface area contributed by atoms with Gasteiger partial charge in [-0.15, -0.1) is 12.6 Å². The fourth-order valence-electron chi connectivity index (χ4n) is 1.68. The van der Waals surface area contributed by atoms with Crippen LogP contribution in [-0.4, -0.2) is 11.9 Å². The highest BCUT2D eigenvalue weighted by Gasteiger charge is 2.16. The summed E-state index contributed by atoms with van der Waals surface area (Å²) >= 11 is 7.67. The quantitative estimate of drug-likeness (QED) is 0.811. The molecule has 1 atom stereocenters. The number of carbonyl (C=O) groups excluding carboxylic acids is 1. The van der Waals surface area contributed by atoms with Crippen LogP contribution in [0.2, 0.25) is 0 Å². The zero-order chi connectivity index (χ0) is 13.0. The zero-order valence-corrected chi connectivity index (χ0v) is 12.8. The topological polar surface area (TPSA) is 29.1 Å². The smallest absolute Gasteiger partial charge is 0.252 e. The Hall–Kier alpha value is -0.480. The van der Waals surface area contributed by atoms with Gasteiger partial charge < -0.3 is 5.32 Å². The summed E-state index contributed by atoms with van der Waals surface area (Å²) in [4.78, 5) is 12.8. The fraction of sp³-hybridized carbons (Fsp3) is 0.462. The fourth-order valence-corrected chi connectivity index (χ4v) is 2.54. The molecule has 1 aromatic carbocycles. The number of thiol groups is 1. The summed E-state index contributed by atoms with van der Waals surface area (Å²) in [6.07, 6.45) is 0.932. The van der Waals surface area contributed by atoms with Crippen LogP contribution >= 0.6 is 28.6 Å². The Morgan fingerprint density at radius 2 is 2.12 bits per heavy atom. The van der Waals surface area contributed by atoms with Crippen molar-refractivity contribution in [2.75, 3.05) is 0 Å². The Morgan fingerprint density at radius 3 is 2.59 bits per heavy atom. The summed E-state index contributed by atoms with van der Waals surface area (Å²) in [6.45, 7) is 6.30. The number of rotatable bonds is 4. The summed E-state index contributed by atoms with van der Waals surface area (Å²) < 4.78 is 0.926. The van der Waals surface area contributed by atoms with Crippen LogP contribution in [0.4, 0.5) is 0 Å². The largest absolute Gasteiger partial charge is 0.349 e. The molecule has 1 N–H and O–H groups in total. The van der Waals surface area contributed by atoms with E-state index in [1.54, 1.807) is 6.07 Å². The average Bonchev–Trinajstić information content (AvgIpc) is 2.24. The Balaban J connectivity index is 2.82. The molecule has 1 unspecified atom stereocenters. The molecule has 1 rings (SSSR count). The number of carbonyl (C=O) groups is 1. The molecule has 0 radical (unpaired) electrons. The molecular formula is C13H18BrNOS. The third-order valence-corrected chi connectivity index (χ3v) is 3.63. The van der Waals surface area contributed by atoms with E-state index in [2.05, 4.69) is 54.6 Å². The second-order valence-electron chi connectivity index (χ2n) is 4.39. The maximum atomic E-state index is 12.1. The van der Waals surface area contributed by atoms with E-state index in [0.29, 0.717) is 16.4 Å². The number of nitrogens with one attached hydrogen (secondary N) is 1. The highest BCUT2D eigenvalue weighted by atomic mass is 79.9. The maximum absolute atomic E-state index is 12.1. The molecule has 4 heteroatoms. The van der Waals surface area contributed by atoms with Crippen LogP contribution in [0, 0.1) is 5.92 Å². The summed E-state index contributed by atoms with van der Waals surface area (Å²) in [6, 6.07) is 5.67. The van der Waals surface area contributed by atoms with Crippen molar-refractivity contribution in [2.45, 2.75) is 38.1 Å². The molecule has 0 spiro atoms. The SMILES string of the molecule is CCC(NC(=O)c1ccc(Br)cc1S)C(C)C. The number of hydrogen-bond donors (Lipinski definition) is 2. The third-order valence-electron chi connectivity index (χ3n) is 2.77. The first-order chi connectivity index (χ1) is 7.95. The molecule has 0 bridgehead atoms. The van der Waals surface area contributed by atoms with Crippen molar-refractivity contribution in [3.05, 3.63) is 28.2 Å². The van der Waals surface area contributed by atoms with Crippen molar-refractivity contribution in [1.29, 1.82) is 0 Å². The number of hydrogen-bond acceptors (Lipinski definition) is 2. The Morgan fingerprint density at radius 1 is 1.47 bits per heavy atom. The van der Waals surface area contributed by atoms with Crippen LogP contribution in [0.25, 0.3) is 0 Å². The molecule has 0 aliphatic rings. The summed E-state index contributed by atoms with van der Waals surface area (Å²) in [5.74, 6) is 0.380. The van der Waals surface area contributed by atoms with E-state index < -0.39 is 0 Å². The van der Waals surface area contributed by atoms with Gasteiger partial charge in [-0.1, -0.05) is 36.7 Å². The second-order valence-corrected chi connectivity index (χ2v) is 5.79. The second kappa shape index (κ2) is 6.45. The van der Waals surface area contributed by atoms with Gasteiger partial charge >= 0.3 is 0 Å². The highest BCUT2D eigenvalue weighted by Crippen LogP contribution is 2.20. The first-order valence-corrected chi connectivity index (χ1v) is 6.99. The average molecular weight is 316 g/mol. The Labute approximate surface area is 117 Å². The van der Waals surface area contributed by atoms with Gasteiger partial charge in [-0.25, -0.2) is 0 Å². The zero-order valence-electron chi connectivity index (χ0n) is 10.3. The van der Waals surface area contributed by atoms with Crippen LogP contribution in [0.1, 0.15) is 37.6 Å². The van der Waals surface area contributed by atoms with E-state index in [1.807, 2.05) is 12.1 Å². The molecule has 0 aromatic heterocycles. The normalized spacial score (nSPS) is 12.6. The molecule has 0 saturated carbocycles. The van der Waals surface area contributed by atoms with E-state index in [1.165, 1.54) is 0 Å². The van der Waals surface area contributed by atoms with Gasteiger partial charge in [-0.2, -0.15) is 0 Å². The molecule has 17 heavy (non-hydrogen) atoms. The lowest BCUT2D eigenvalue weighted by Gasteiger charge is -2.21. The molecule has 0 aliphatic carbocycles. The molecule has 1 amide bonds. The van der Waals surface area contributed by atoms with Gasteiger partial charge in [0.05, 0.1) is 5.56 Å². The van der Waals surface area contributed by atoms with Gasteiger partial charge in [-0.05, 0) is 30.5 Å². The standard InChI is InChI=1S/C13H18BrNOS/c1-4-11(8(2)3)15-13(16)10-6-5-9(14)7-12(10)17/h5-8,11,17H,4H2,1-3H3,(H,15,16). The molecule has 0 saturated heterocycles. The summed E-state index contributed by atoms with van der Waals surface area (Å²) in [5, 5.41) is 3.04. The van der Waals surface area contributed by atoms with E-state index >= 15 is 0 Å². The van der Waals surface area contributed by atoms with Crippen LogP contribution in [0.5, 0.6) is 0 Å². The van der Waals surface area contributed by atoms with Crippen molar-refractivity contribution in [3.63, 3.8) is 0 Å². The van der Waals surface area contributed by atoms with E-state index in [0.717, 1.165) is 10.9 Å². The molecule has 0 heterocycles. The third kappa shape index (κ3) is 4.03. The van der Waals surface area contributed by atoms with Crippen molar-refractivity contribution in [2.24, 2.45) is 5.92 Å². The first-order valence-electron chi connectivity index (χ1n) is 5.75.